The maximum Gasteiger partial charge on any atom is 1.00 e. The van der Waals surface area contributed by atoms with Gasteiger partial charge in [0.2, 0.25) is 0 Å². The molecule has 0 aromatic heterocycles. The molecule has 2 aromatic carbocycles. The molecule has 0 heterocycles. The van der Waals surface area contributed by atoms with Crippen molar-refractivity contribution in [3.8, 4) is 11.5 Å². The maximum atomic E-state index is 11.0. The number of phenols is 2. The second-order valence-corrected chi connectivity index (χ2v) is 6.78. The largest absolute Gasteiger partial charge is 1.00 e. The van der Waals surface area contributed by atoms with Crippen molar-refractivity contribution in [1.82, 2.24) is 0 Å². The predicted molar refractivity (Wildman–Crippen MR) is 66.9 cm³/mol. The summed E-state index contributed by atoms with van der Waals surface area (Å²) in [6.07, 6.45) is 0. The van der Waals surface area contributed by atoms with Gasteiger partial charge in [-0.1, -0.05) is 0 Å². The molecule has 11 heteroatoms. The van der Waals surface area contributed by atoms with E-state index in [1.165, 1.54) is 0 Å². The van der Waals surface area contributed by atoms with E-state index in [1.54, 1.807) is 0 Å². The summed E-state index contributed by atoms with van der Waals surface area (Å²) < 4.78 is 61.8. The van der Waals surface area contributed by atoms with Crippen molar-refractivity contribution in [1.29, 1.82) is 0 Å². The van der Waals surface area contributed by atoms with Gasteiger partial charge in [-0.05, 0) is 17.5 Å². The summed E-state index contributed by atoms with van der Waals surface area (Å²) in [6, 6.07) is 3.09. The zero-order chi connectivity index (χ0) is 15.3. The molecule has 0 bridgehead atoms. The van der Waals surface area contributed by atoms with Crippen LogP contribution in [-0.4, -0.2) is 36.2 Å². The number of rotatable bonds is 2. The van der Waals surface area contributed by atoms with E-state index in [9.17, 15) is 27.0 Å². The first-order valence-electron chi connectivity index (χ1n) is 4.95. The van der Waals surface area contributed by atoms with E-state index in [2.05, 4.69) is 0 Å². The Kier molecular flexibility index (Phi) is 4.95. The Balaban J connectivity index is 0.00000220. The topological polar surface area (TPSA) is 149 Å². The van der Waals surface area contributed by atoms with Gasteiger partial charge in [-0.2, -0.15) is 16.8 Å². The van der Waals surface area contributed by atoms with Crippen molar-refractivity contribution in [2.75, 3.05) is 0 Å². The Morgan fingerprint density at radius 2 is 1.05 bits per heavy atom. The first-order valence-corrected chi connectivity index (χ1v) is 7.83. The Hall–Kier alpha value is -0.880. The molecule has 21 heavy (non-hydrogen) atoms. The molecule has 0 amide bonds. The Labute approximate surface area is 141 Å². The number of phenolic OH excluding ortho intramolecular Hbond substituents is 2. The predicted octanol–water partition coefficient (Wildman–Crippen LogP) is -2.25. The average molecular weight is 343 g/mol. The second-order valence-electron chi connectivity index (χ2n) is 3.93. The molecule has 2 aromatic rings. The van der Waals surface area contributed by atoms with Crippen molar-refractivity contribution in [2.45, 2.75) is 9.79 Å². The number of hydrogen-bond donors (Lipinski definition) is 4. The van der Waals surface area contributed by atoms with E-state index in [0.717, 1.165) is 12.1 Å². The molecule has 108 valence electrons. The summed E-state index contributed by atoms with van der Waals surface area (Å²) in [5.74, 6) is -1.34. The fraction of sp³-hybridized carbons (Fsp3) is 0. The van der Waals surface area contributed by atoms with Crippen LogP contribution in [0.3, 0.4) is 0 Å². The number of aromatic hydroxyl groups is 2. The van der Waals surface area contributed by atoms with Gasteiger partial charge in [-0.25, -0.2) is 0 Å². The van der Waals surface area contributed by atoms with E-state index in [1.807, 2.05) is 0 Å². The quantitative estimate of drug-likeness (QED) is 0.353. The van der Waals surface area contributed by atoms with Gasteiger partial charge in [0.25, 0.3) is 20.2 Å². The van der Waals surface area contributed by atoms with Crippen LogP contribution in [0.4, 0.5) is 0 Å². The molecule has 0 saturated heterocycles. The summed E-state index contributed by atoms with van der Waals surface area (Å²) in [5.41, 5.74) is 0. The van der Waals surface area contributed by atoms with Crippen LogP contribution < -0.4 is 29.6 Å². The second kappa shape index (κ2) is 5.72. The molecule has 2 rings (SSSR count). The summed E-state index contributed by atoms with van der Waals surface area (Å²) in [5, 5.41) is 18.9. The van der Waals surface area contributed by atoms with Crippen LogP contribution in [0.2, 0.25) is 0 Å². The van der Waals surface area contributed by atoms with Gasteiger partial charge < -0.3 is 10.2 Å². The third kappa shape index (κ3) is 3.66. The van der Waals surface area contributed by atoms with Gasteiger partial charge in [0.05, 0.1) is 15.2 Å². The summed E-state index contributed by atoms with van der Waals surface area (Å²) in [6.45, 7) is 0. The number of benzene rings is 2. The number of hydrogen-bond acceptors (Lipinski definition) is 6. The molecule has 4 N–H and O–H groups in total. The Bertz CT molecular complexity index is 845. The first-order chi connectivity index (χ1) is 9.00. The normalized spacial score (nSPS) is 12.1. The Morgan fingerprint density at radius 3 is 1.33 bits per heavy atom. The zero-order valence-electron chi connectivity index (χ0n) is 10.5. The van der Waals surface area contributed by atoms with E-state index in [-0.39, 0.29) is 40.3 Å². The van der Waals surface area contributed by atoms with Gasteiger partial charge in [0, 0.05) is 12.1 Å². The minimum Gasteiger partial charge on any atom is -0.507 e. The monoisotopic (exact) mass is 343 g/mol. The van der Waals surface area contributed by atoms with Crippen LogP contribution in [-0.2, 0) is 20.2 Å². The summed E-state index contributed by atoms with van der Waals surface area (Å²) in [4.78, 5) is -1.37. The van der Waals surface area contributed by atoms with Crippen LogP contribution in [0.15, 0.2) is 34.1 Å². The molecular weight excluding hydrogens is 335 g/mol. The van der Waals surface area contributed by atoms with Gasteiger partial charge in [0.1, 0.15) is 11.5 Å². The molecule has 0 radical (unpaired) electrons. The van der Waals surface area contributed by atoms with Gasteiger partial charge in [0.15, 0.2) is 0 Å². The smallest absolute Gasteiger partial charge is 0.507 e. The minimum atomic E-state index is -4.63. The third-order valence-electron chi connectivity index (χ3n) is 2.55. The van der Waals surface area contributed by atoms with E-state index >= 15 is 0 Å². The van der Waals surface area contributed by atoms with E-state index in [4.69, 9.17) is 9.11 Å². The average Bonchev–Trinajstić information content (AvgIpc) is 2.25. The standard InChI is InChI=1S/C10H8O8S2.Na/c11-8-3-6(19(13,14)15)1-5-2-7(20(16,17)18)4-9(12)10(5)8;/h1-4,11-12H,(H,13,14,15)(H,16,17,18);/q;+1. The third-order valence-corrected chi connectivity index (χ3v) is 4.21. The van der Waals surface area contributed by atoms with Crippen LogP contribution >= 0.6 is 0 Å². The van der Waals surface area contributed by atoms with Crippen LogP contribution in [0.5, 0.6) is 11.5 Å². The molecule has 0 saturated carbocycles. The van der Waals surface area contributed by atoms with Crippen molar-refractivity contribution in [3.05, 3.63) is 24.3 Å². The van der Waals surface area contributed by atoms with Crippen LogP contribution in [0.1, 0.15) is 0 Å². The Morgan fingerprint density at radius 1 is 0.714 bits per heavy atom. The van der Waals surface area contributed by atoms with E-state index < -0.39 is 41.5 Å². The molecule has 0 spiro atoms. The summed E-state index contributed by atoms with van der Waals surface area (Å²) in [7, 11) is -9.26. The summed E-state index contributed by atoms with van der Waals surface area (Å²) >= 11 is 0. The molecule has 0 aliphatic carbocycles. The van der Waals surface area contributed by atoms with Gasteiger partial charge >= 0.3 is 29.6 Å². The number of fused-ring (bicyclic) bond motifs is 1. The first kappa shape index (κ1) is 18.2. The van der Waals surface area contributed by atoms with Crippen LogP contribution in [0.25, 0.3) is 10.8 Å². The van der Waals surface area contributed by atoms with Gasteiger partial charge in [-0.15, -0.1) is 0 Å². The fourth-order valence-corrected chi connectivity index (χ4v) is 2.79. The molecule has 0 unspecified atom stereocenters. The van der Waals surface area contributed by atoms with Crippen molar-refractivity contribution >= 4 is 31.0 Å². The van der Waals surface area contributed by atoms with E-state index in [0.29, 0.717) is 12.1 Å². The molecule has 0 aliphatic rings. The molecule has 0 aliphatic heterocycles. The SMILES string of the molecule is O=S(=O)(O)c1cc(O)c2c(O)cc(S(=O)(=O)O)cc2c1.[Na+]. The maximum absolute atomic E-state index is 11.0. The molecule has 8 nitrogen and oxygen atoms in total. The van der Waals surface area contributed by atoms with Gasteiger partial charge in [-0.3, -0.25) is 9.11 Å². The molecule has 0 atom stereocenters. The van der Waals surface area contributed by atoms with Crippen molar-refractivity contribution in [2.24, 2.45) is 0 Å². The fourth-order valence-electron chi connectivity index (χ4n) is 1.71. The minimum absolute atomic E-state index is 0. The zero-order valence-corrected chi connectivity index (χ0v) is 14.2. The van der Waals surface area contributed by atoms with Crippen LogP contribution in [0, 0.1) is 0 Å². The van der Waals surface area contributed by atoms with Crippen molar-refractivity contribution < 1.29 is 65.7 Å². The molecular formula is C10H8NaO8S2+. The molecule has 0 fully saturated rings. The van der Waals surface area contributed by atoms with Crippen molar-refractivity contribution in [3.63, 3.8) is 0 Å².